The number of esters is 1. The van der Waals surface area contributed by atoms with Crippen molar-refractivity contribution in [3.05, 3.63) is 65.9 Å². The minimum atomic E-state index is -0.345. The Morgan fingerprint density at radius 2 is 1.84 bits per heavy atom. The maximum Gasteiger partial charge on any atom is 0.311 e. The number of amides is 1. The highest BCUT2D eigenvalue weighted by molar-refractivity contribution is 8.15. The molecule has 2 aromatic carbocycles. The third-order valence-corrected chi connectivity index (χ3v) is 6.34. The first-order valence-corrected chi connectivity index (χ1v) is 11.6. The SMILES string of the molecule is CCC(SC1=Nc2ccccc2NC(CC(=O)OC)=C1)C(=O)Nc1ccc(C(C)C)cc1. The van der Waals surface area contributed by atoms with Crippen LogP contribution in [0.1, 0.15) is 45.1 Å². The van der Waals surface area contributed by atoms with Crippen molar-refractivity contribution in [1.29, 1.82) is 0 Å². The molecule has 7 heteroatoms. The summed E-state index contributed by atoms with van der Waals surface area (Å²) in [5.41, 5.74) is 4.24. The molecule has 1 aliphatic rings. The molecule has 2 aromatic rings. The Kier molecular flexibility index (Phi) is 8.11. The summed E-state index contributed by atoms with van der Waals surface area (Å²) < 4.78 is 4.82. The van der Waals surface area contributed by atoms with Crippen molar-refractivity contribution in [2.75, 3.05) is 17.7 Å². The molecular formula is C25H29N3O3S. The number of thioether (sulfide) groups is 1. The van der Waals surface area contributed by atoms with Crippen LogP contribution in [0.15, 0.2) is 65.3 Å². The molecule has 32 heavy (non-hydrogen) atoms. The van der Waals surface area contributed by atoms with Crippen molar-refractivity contribution in [1.82, 2.24) is 0 Å². The van der Waals surface area contributed by atoms with Gasteiger partial charge in [0.25, 0.3) is 0 Å². The van der Waals surface area contributed by atoms with Gasteiger partial charge in [0.2, 0.25) is 5.91 Å². The average molecular weight is 452 g/mol. The fourth-order valence-corrected chi connectivity index (χ4v) is 4.20. The molecular weight excluding hydrogens is 422 g/mol. The van der Waals surface area contributed by atoms with E-state index in [1.54, 1.807) is 0 Å². The summed E-state index contributed by atoms with van der Waals surface area (Å²) >= 11 is 1.39. The van der Waals surface area contributed by atoms with Gasteiger partial charge in [-0.05, 0) is 48.2 Å². The molecule has 1 atom stereocenters. The predicted molar refractivity (Wildman–Crippen MR) is 133 cm³/mol. The van der Waals surface area contributed by atoms with E-state index < -0.39 is 0 Å². The van der Waals surface area contributed by atoms with Crippen LogP contribution in [0, 0.1) is 0 Å². The van der Waals surface area contributed by atoms with Crippen molar-refractivity contribution in [3.63, 3.8) is 0 Å². The van der Waals surface area contributed by atoms with Gasteiger partial charge in [0.1, 0.15) is 0 Å². The number of hydrogen-bond donors (Lipinski definition) is 2. The van der Waals surface area contributed by atoms with Crippen LogP contribution in [-0.4, -0.2) is 29.3 Å². The van der Waals surface area contributed by atoms with E-state index in [0.29, 0.717) is 23.1 Å². The van der Waals surface area contributed by atoms with E-state index in [4.69, 9.17) is 9.73 Å². The van der Waals surface area contributed by atoms with E-state index in [2.05, 4.69) is 24.5 Å². The summed E-state index contributed by atoms with van der Waals surface area (Å²) in [4.78, 5) is 29.6. The molecule has 0 aliphatic carbocycles. The lowest BCUT2D eigenvalue weighted by atomic mass is 10.0. The lowest BCUT2D eigenvalue weighted by Gasteiger charge is -2.15. The zero-order chi connectivity index (χ0) is 23.1. The minimum absolute atomic E-state index is 0.0779. The molecule has 6 nitrogen and oxygen atoms in total. The second kappa shape index (κ2) is 11.0. The largest absolute Gasteiger partial charge is 0.469 e. The van der Waals surface area contributed by atoms with Crippen LogP contribution < -0.4 is 10.6 Å². The Morgan fingerprint density at radius 3 is 2.50 bits per heavy atom. The second-order valence-corrected chi connectivity index (χ2v) is 9.02. The van der Waals surface area contributed by atoms with Gasteiger partial charge in [-0.3, -0.25) is 9.59 Å². The zero-order valence-corrected chi connectivity index (χ0v) is 19.7. The van der Waals surface area contributed by atoms with Gasteiger partial charge in [-0.2, -0.15) is 0 Å². The van der Waals surface area contributed by atoms with E-state index in [0.717, 1.165) is 17.1 Å². The van der Waals surface area contributed by atoms with Crippen LogP contribution in [-0.2, 0) is 14.3 Å². The summed E-state index contributed by atoms with van der Waals surface area (Å²) in [5.74, 6) is 0.0161. The fraction of sp³-hybridized carbons (Fsp3) is 0.320. The molecule has 0 saturated heterocycles. The van der Waals surface area contributed by atoms with Crippen LogP contribution in [0.5, 0.6) is 0 Å². The smallest absolute Gasteiger partial charge is 0.311 e. The second-order valence-electron chi connectivity index (χ2n) is 7.80. The molecule has 2 N–H and O–H groups in total. The molecule has 0 aromatic heterocycles. The van der Waals surface area contributed by atoms with E-state index in [1.165, 1.54) is 24.4 Å². The van der Waals surface area contributed by atoms with E-state index in [1.807, 2.05) is 61.5 Å². The highest BCUT2D eigenvalue weighted by Gasteiger charge is 2.22. The van der Waals surface area contributed by atoms with Gasteiger partial charge >= 0.3 is 5.97 Å². The zero-order valence-electron chi connectivity index (χ0n) is 18.8. The Labute approximate surface area is 193 Å². The highest BCUT2D eigenvalue weighted by Crippen LogP contribution is 2.32. The molecule has 0 radical (unpaired) electrons. The topological polar surface area (TPSA) is 79.8 Å². The average Bonchev–Trinajstić information content (AvgIpc) is 2.95. The number of aliphatic imine (C=N–C) groups is 1. The first-order chi connectivity index (χ1) is 15.4. The van der Waals surface area contributed by atoms with Gasteiger partial charge < -0.3 is 15.4 Å². The van der Waals surface area contributed by atoms with Crippen LogP contribution in [0.25, 0.3) is 0 Å². The molecule has 3 rings (SSSR count). The molecule has 1 aliphatic heterocycles. The number of benzene rings is 2. The number of anilines is 2. The Bertz CT molecular complexity index is 1030. The summed E-state index contributed by atoms with van der Waals surface area (Å²) in [6, 6.07) is 15.6. The summed E-state index contributed by atoms with van der Waals surface area (Å²) in [6.45, 7) is 6.25. The van der Waals surface area contributed by atoms with Crippen molar-refractivity contribution in [2.24, 2.45) is 4.99 Å². The van der Waals surface area contributed by atoms with Crippen LogP contribution in [0.3, 0.4) is 0 Å². The third-order valence-electron chi connectivity index (χ3n) is 5.06. The Morgan fingerprint density at radius 1 is 1.12 bits per heavy atom. The van der Waals surface area contributed by atoms with Crippen molar-refractivity contribution >= 4 is 45.7 Å². The highest BCUT2D eigenvalue weighted by atomic mass is 32.2. The number of fused-ring (bicyclic) bond motifs is 1. The quantitative estimate of drug-likeness (QED) is 0.515. The molecule has 1 amide bonds. The summed E-state index contributed by atoms with van der Waals surface area (Å²) in [5, 5.41) is 6.60. The number of para-hydroxylation sites is 2. The molecule has 0 fully saturated rings. The monoisotopic (exact) mass is 451 g/mol. The minimum Gasteiger partial charge on any atom is -0.469 e. The number of hydrogen-bond acceptors (Lipinski definition) is 6. The maximum atomic E-state index is 13.0. The van der Waals surface area contributed by atoms with E-state index >= 15 is 0 Å². The molecule has 0 bridgehead atoms. The van der Waals surface area contributed by atoms with Gasteiger partial charge in [-0.15, -0.1) is 0 Å². The van der Waals surface area contributed by atoms with Crippen molar-refractivity contribution in [2.45, 2.75) is 44.8 Å². The van der Waals surface area contributed by atoms with Gasteiger partial charge in [0.15, 0.2) is 0 Å². The number of nitrogens with one attached hydrogen (secondary N) is 2. The number of carbonyl (C=O) groups is 2. The number of nitrogens with zero attached hydrogens (tertiary/aromatic N) is 1. The Hall–Kier alpha value is -3.06. The van der Waals surface area contributed by atoms with Gasteiger partial charge in [0, 0.05) is 11.4 Å². The fourth-order valence-electron chi connectivity index (χ4n) is 3.21. The van der Waals surface area contributed by atoms with Gasteiger partial charge in [-0.25, -0.2) is 4.99 Å². The molecule has 0 spiro atoms. The summed E-state index contributed by atoms with van der Waals surface area (Å²) in [7, 11) is 1.36. The molecule has 168 valence electrons. The molecule has 1 heterocycles. The van der Waals surface area contributed by atoms with Crippen LogP contribution in [0.2, 0.25) is 0 Å². The lowest BCUT2D eigenvalue weighted by Crippen LogP contribution is -2.25. The van der Waals surface area contributed by atoms with E-state index in [-0.39, 0.29) is 23.5 Å². The number of methoxy groups -OCH3 is 1. The van der Waals surface area contributed by atoms with E-state index in [9.17, 15) is 9.59 Å². The first kappa shape index (κ1) is 23.6. The first-order valence-electron chi connectivity index (χ1n) is 10.7. The lowest BCUT2D eigenvalue weighted by molar-refractivity contribution is -0.139. The Balaban J connectivity index is 1.79. The van der Waals surface area contributed by atoms with Crippen LogP contribution in [0.4, 0.5) is 17.1 Å². The van der Waals surface area contributed by atoms with Crippen molar-refractivity contribution in [3.8, 4) is 0 Å². The normalized spacial score (nSPS) is 13.8. The standard InChI is InChI=1S/C25H29N3O3S/c1-5-22(25(30)27-18-12-10-17(11-13-18)16(2)3)32-23-14-19(15-24(29)31-4)26-20-8-6-7-9-21(20)28-23/h6-14,16,22,26H,5,15H2,1-4H3,(H,27,30). The predicted octanol–water partition coefficient (Wildman–Crippen LogP) is 5.86. The number of rotatable bonds is 7. The molecule has 0 saturated carbocycles. The maximum absolute atomic E-state index is 13.0. The summed E-state index contributed by atoms with van der Waals surface area (Å²) in [6.07, 6.45) is 2.54. The van der Waals surface area contributed by atoms with Crippen LogP contribution >= 0.6 is 11.8 Å². The molecule has 1 unspecified atom stereocenters. The number of carbonyl (C=O) groups excluding carboxylic acids is 2. The van der Waals surface area contributed by atoms with Gasteiger partial charge in [0.05, 0.1) is 35.2 Å². The number of ether oxygens (including phenoxy) is 1. The van der Waals surface area contributed by atoms with Gasteiger partial charge in [-0.1, -0.05) is 56.8 Å². The third kappa shape index (κ3) is 6.23. The van der Waals surface area contributed by atoms with Crippen molar-refractivity contribution < 1.29 is 14.3 Å².